The first-order chi connectivity index (χ1) is 9.19. The fourth-order valence-corrected chi connectivity index (χ4v) is 2.21. The lowest BCUT2D eigenvalue weighted by Crippen LogP contribution is -2.10. The van der Waals surface area contributed by atoms with Crippen molar-refractivity contribution >= 4 is 0 Å². The first kappa shape index (κ1) is 13.8. The number of rotatable bonds is 5. The number of benzene rings is 2. The maximum absolute atomic E-state index is 5.76. The molecule has 2 rings (SSSR count). The van der Waals surface area contributed by atoms with Gasteiger partial charge < -0.3 is 10.6 Å². The van der Waals surface area contributed by atoms with Gasteiger partial charge in [0.15, 0.2) is 0 Å². The van der Waals surface area contributed by atoms with Crippen LogP contribution in [0.15, 0.2) is 42.5 Å². The molecule has 1 radical (unpaired) electrons. The number of nitrogens with zero attached hydrogens (tertiary/aromatic N) is 1. The zero-order valence-corrected chi connectivity index (χ0v) is 11.7. The summed E-state index contributed by atoms with van der Waals surface area (Å²) in [5, 5.41) is 0. The van der Waals surface area contributed by atoms with Gasteiger partial charge in [0.05, 0.1) is 0 Å². The van der Waals surface area contributed by atoms with Crippen molar-refractivity contribution in [3.05, 3.63) is 70.8 Å². The molecule has 0 spiro atoms. The summed E-state index contributed by atoms with van der Waals surface area (Å²) in [6.07, 6.45) is 0.934. The Morgan fingerprint density at radius 1 is 1.00 bits per heavy atom. The van der Waals surface area contributed by atoms with Gasteiger partial charge in [-0.05, 0) is 54.9 Å². The Morgan fingerprint density at radius 2 is 1.68 bits per heavy atom. The van der Waals surface area contributed by atoms with Crippen molar-refractivity contribution in [1.82, 2.24) is 4.90 Å². The lowest BCUT2D eigenvalue weighted by atomic mass is 9.99. The van der Waals surface area contributed by atoms with Gasteiger partial charge in [0.25, 0.3) is 0 Å². The molecule has 99 valence electrons. The van der Waals surface area contributed by atoms with Crippen LogP contribution in [0.2, 0.25) is 0 Å². The van der Waals surface area contributed by atoms with Gasteiger partial charge in [-0.25, -0.2) is 0 Å². The summed E-state index contributed by atoms with van der Waals surface area (Å²) in [7, 11) is 4.17. The molecule has 0 fully saturated rings. The van der Waals surface area contributed by atoms with Crippen LogP contribution in [0.25, 0.3) is 0 Å². The minimum atomic E-state index is 0.575. The average Bonchev–Trinajstić information content (AvgIpc) is 2.41. The Labute approximate surface area is 115 Å². The Hall–Kier alpha value is -1.64. The second kappa shape index (κ2) is 6.50. The summed E-state index contributed by atoms with van der Waals surface area (Å²) in [5.74, 6) is 0. The minimum absolute atomic E-state index is 0.575. The Bertz CT molecular complexity index is 515. The third-order valence-electron chi connectivity index (χ3n) is 3.19. The van der Waals surface area contributed by atoms with Crippen LogP contribution in [0.5, 0.6) is 0 Å². The van der Waals surface area contributed by atoms with Crippen LogP contribution in [0, 0.1) is 6.07 Å². The molecule has 2 aromatic rings. The molecule has 0 aliphatic carbocycles. The quantitative estimate of drug-likeness (QED) is 0.887. The van der Waals surface area contributed by atoms with E-state index in [0.717, 1.165) is 13.0 Å². The largest absolute Gasteiger partial charge is 0.326 e. The third-order valence-corrected chi connectivity index (χ3v) is 3.19. The topological polar surface area (TPSA) is 29.3 Å². The van der Waals surface area contributed by atoms with E-state index in [0.29, 0.717) is 6.54 Å². The molecule has 0 atom stereocenters. The fraction of sp³-hybridized carbons (Fsp3) is 0.294. The van der Waals surface area contributed by atoms with Crippen molar-refractivity contribution in [3.8, 4) is 0 Å². The van der Waals surface area contributed by atoms with Crippen LogP contribution in [-0.4, -0.2) is 19.0 Å². The van der Waals surface area contributed by atoms with Gasteiger partial charge in [0.2, 0.25) is 0 Å². The summed E-state index contributed by atoms with van der Waals surface area (Å²) >= 11 is 0. The molecule has 19 heavy (non-hydrogen) atoms. The lowest BCUT2D eigenvalue weighted by Gasteiger charge is -2.11. The normalized spacial score (nSPS) is 10.9. The fourth-order valence-electron chi connectivity index (χ4n) is 2.21. The van der Waals surface area contributed by atoms with Gasteiger partial charge in [0.1, 0.15) is 0 Å². The zero-order valence-electron chi connectivity index (χ0n) is 11.7. The number of nitrogens with two attached hydrogens (primary N) is 1. The minimum Gasteiger partial charge on any atom is -0.326 e. The maximum atomic E-state index is 5.76. The predicted octanol–water partition coefficient (Wildman–Crippen LogP) is 2.60. The highest BCUT2D eigenvalue weighted by Gasteiger charge is 2.02. The SMILES string of the molecule is CN(C)Cc1ccc(Cc2cc[c]cc2CN)cc1. The molecule has 0 saturated carbocycles. The molecule has 0 bridgehead atoms. The smallest absolute Gasteiger partial charge is 0.0227 e. The summed E-state index contributed by atoms with van der Waals surface area (Å²) < 4.78 is 0. The van der Waals surface area contributed by atoms with E-state index in [1.807, 2.05) is 12.1 Å². The zero-order chi connectivity index (χ0) is 13.7. The molecular formula is C17H21N2. The van der Waals surface area contributed by atoms with E-state index in [2.05, 4.69) is 55.4 Å². The van der Waals surface area contributed by atoms with Crippen LogP contribution in [0.3, 0.4) is 0 Å². The van der Waals surface area contributed by atoms with Crippen LogP contribution in [0.1, 0.15) is 22.3 Å². The second-order valence-corrected chi connectivity index (χ2v) is 5.13. The van der Waals surface area contributed by atoms with Crippen LogP contribution < -0.4 is 5.73 Å². The van der Waals surface area contributed by atoms with Gasteiger partial charge in [-0.15, -0.1) is 0 Å². The molecule has 0 saturated heterocycles. The first-order valence-electron chi connectivity index (χ1n) is 6.59. The highest BCUT2D eigenvalue weighted by Crippen LogP contribution is 2.15. The molecule has 0 aliphatic rings. The van der Waals surface area contributed by atoms with Gasteiger partial charge in [-0.1, -0.05) is 36.4 Å². The Balaban J connectivity index is 2.11. The van der Waals surface area contributed by atoms with E-state index in [-0.39, 0.29) is 0 Å². The van der Waals surface area contributed by atoms with Crippen molar-refractivity contribution in [3.63, 3.8) is 0 Å². The van der Waals surface area contributed by atoms with Crippen molar-refractivity contribution < 1.29 is 0 Å². The van der Waals surface area contributed by atoms with Gasteiger partial charge in [0, 0.05) is 13.1 Å². The van der Waals surface area contributed by atoms with Crippen LogP contribution in [0.4, 0.5) is 0 Å². The van der Waals surface area contributed by atoms with E-state index in [1.165, 1.54) is 22.3 Å². The van der Waals surface area contributed by atoms with E-state index >= 15 is 0 Å². The Kier molecular flexibility index (Phi) is 4.72. The summed E-state index contributed by atoms with van der Waals surface area (Å²) in [6, 6.07) is 17.9. The number of hydrogen-bond acceptors (Lipinski definition) is 2. The monoisotopic (exact) mass is 253 g/mol. The summed E-state index contributed by atoms with van der Waals surface area (Å²) in [6.45, 7) is 1.56. The highest BCUT2D eigenvalue weighted by atomic mass is 15.0. The second-order valence-electron chi connectivity index (χ2n) is 5.13. The van der Waals surface area contributed by atoms with Gasteiger partial charge in [-0.2, -0.15) is 0 Å². The third kappa shape index (κ3) is 3.91. The molecule has 2 nitrogen and oxygen atoms in total. The first-order valence-corrected chi connectivity index (χ1v) is 6.59. The van der Waals surface area contributed by atoms with E-state index in [9.17, 15) is 0 Å². The molecule has 0 amide bonds. The molecule has 2 heteroatoms. The van der Waals surface area contributed by atoms with E-state index in [1.54, 1.807) is 0 Å². The molecule has 0 heterocycles. The highest BCUT2D eigenvalue weighted by molar-refractivity contribution is 5.33. The molecule has 0 unspecified atom stereocenters. The van der Waals surface area contributed by atoms with Crippen molar-refractivity contribution in [1.29, 1.82) is 0 Å². The average molecular weight is 253 g/mol. The lowest BCUT2D eigenvalue weighted by molar-refractivity contribution is 0.402. The summed E-state index contributed by atoms with van der Waals surface area (Å²) in [4.78, 5) is 2.18. The van der Waals surface area contributed by atoms with Crippen molar-refractivity contribution in [2.24, 2.45) is 5.73 Å². The molecule has 2 aromatic carbocycles. The van der Waals surface area contributed by atoms with Gasteiger partial charge in [-0.3, -0.25) is 0 Å². The maximum Gasteiger partial charge on any atom is 0.0227 e. The molecule has 0 aliphatic heterocycles. The van der Waals surface area contributed by atoms with E-state index < -0.39 is 0 Å². The van der Waals surface area contributed by atoms with Crippen molar-refractivity contribution in [2.45, 2.75) is 19.5 Å². The molecule has 2 N–H and O–H groups in total. The summed E-state index contributed by atoms with van der Waals surface area (Å²) in [5.41, 5.74) is 10.9. The predicted molar refractivity (Wildman–Crippen MR) is 79.8 cm³/mol. The van der Waals surface area contributed by atoms with E-state index in [4.69, 9.17) is 5.73 Å². The Morgan fingerprint density at radius 3 is 2.32 bits per heavy atom. The molecular weight excluding hydrogens is 232 g/mol. The van der Waals surface area contributed by atoms with Crippen LogP contribution in [-0.2, 0) is 19.5 Å². The number of hydrogen-bond donors (Lipinski definition) is 1. The standard InChI is InChI=1S/C17H21N2/c1-19(2)13-15-9-7-14(8-10-15)11-16-5-3-4-6-17(16)12-18/h3,5-10H,11-13,18H2,1-2H3. The van der Waals surface area contributed by atoms with Crippen LogP contribution >= 0.6 is 0 Å². The van der Waals surface area contributed by atoms with Gasteiger partial charge >= 0.3 is 0 Å². The molecule has 0 aromatic heterocycles. The van der Waals surface area contributed by atoms with Crippen molar-refractivity contribution in [2.75, 3.05) is 14.1 Å².